The topological polar surface area (TPSA) is 70.7 Å². The number of aromatic nitrogens is 3. The van der Waals surface area contributed by atoms with Gasteiger partial charge in [-0.2, -0.15) is 5.10 Å². The maximum Gasteiger partial charge on any atom is 0.223 e. The number of nitrogens with zero attached hydrogens (tertiary/aromatic N) is 2. The molecule has 0 atom stereocenters. The molecule has 0 aliphatic carbocycles. The van der Waals surface area contributed by atoms with Gasteiger partial charge in [0.2, 0.25) is 5.91 Å². The maximum absolute atomic E-state index is 10.9. The average Bonchev–Trinajstić information content (AvgIpc) is 2.57. The van der Waals surface area contributed by atoms with Gasteiger partial charge < -0.3 is 5.32 Å². The van der Waals surface area contributed by atoms with E-state index >= 15 is 0 Å². The van der Waals surface area contributed by atoms with Crippen molar-refractivity contribution in [2.75, 3.05) is 6.54 Å². The summed E-state index contributed by atoms with van der Waals surface area (Å²) in [5, 5.41) is 9.13. The van der Waals surface area contributed by atoms with Crippen molar-refractivity contribution in [2.24, 2.45) is 0 Å². The first-order chi connectivity index (χ1) is 6.33. The largest absolute Gasteiger partial charge is 0.355 e. The van der Waals surface area contributed by atoms with E-state index in [4.69, 9.17) is 0 Å². The fourth-order valence-corrected chi connectivity index (χ4v) is 0.875. The molecule has 0 aromatic carbocycles. The summed E-state index contributed by atoms with van der Waals surface area (Å²) in [6.07, 6.45) is 4.05. The molecule has 5 heteroatoms. The summed E-state index contributed by atoms with van der Waals surface area (Å²) >= 11 is 0. The molecule has 0 fully saturated rings. The Kier molecular flexibility index (Phi) is 3.69. The van der Waals surface area contributed by atoms with Gasteiger partial charge >= 0.3 is 0 Å². The Hall–Kier alpha value is -1.65. The summed E-state index contributed by atoms with van der Waals surface area (Å²) in [6, 6.07) is 0. The van der Waals surface area contributed by atoms with Crippen molar-refractivity contribution in [1.82, 2.24) is 20.5 Å². The third kappa shape index (κ3) is 3.50. The standard InChI is InChI=1S/C8H12N4O/c1-2-3-8(13)9-5-4-7-10-6-11-12-7/h2,6H,1,3-5H2,(H,9,13)(H,10,11,12). The summed E-state index contributed by atoms with van der Waals surface area (Å²) in [5.74, 6) is 0.758. The van der Waals surface area contributed by atoms with Crippen LogP contribution in [0.3, 0.4) is 0 Å². The van der Waals surface area contributed by atoms with Gasteiger partial charge in [0, 0.05) is 19.4 Å². The molecule has 1 amide bonds. The molecule has 1 heterocycles. The Labute approximate surface area is 76.3 Å². The third-order valence-electron chi connectivity index (χ3n) is 1.48. The quantitative estimate of drug-likeness (QED) is 0.628. The highest BCUT2D eigenvalue weighted by Gasteiger charge is 1.98. The summed E-state index contributed by atoms with van der Waals surface area (Å²) < 4.78 is 0. The molecule has 0 saturated heterocycles. The van der Waals surface area contributed by atoms with Crippen molar-refractivity contribution in [3.8, 4) is 0 Å². The Balaban J connectivity index is 2.14. The highest BCUT2D eigenvalue weighted by atomic mass is 16.1. The Morgan fingerprint density at radius 2 is 2.62 bits per heavy atom. The molecule has 0 bridgehead atoms. The van der Waals surface area contributed by atoms with Crippen molar-refractivity contribution in [2.45, 2.75) is 12.8 Å². The van der Waals surface area contributed by atoms with Crippen LogP contribution < -0.4 is 5.32 Å². The molecule has 0 aliphatic rings. The zero-order valence-corrected chi connectivity index (χ0v) is 7.29. The number of rotatable bonds is 5. The van der Waals surface area contributed by atoms with Crippen LogP contribution in [0.1, 0.15) is 12.2 Å². The normalized spacial score (nSPS) is 9.54. The first-order valence-electron chi connectivity index (χ1n) is 4.04. The van der Waals surface area contributed by atoms with E-state index in [1.165, 1.54) is 6.33 Å². The van der Waals surface area contributed by atoms with E-state index in [1.54, 1.807) is 6.08 Å². The molecule has 0 spiro atoms. The molecule has 2 N–H and O–H groups in total. The molecular weight excluding hydrogens is 168 g/mol. The van der Waals surface area contributed by atoms with Crippen LogP contribution in [-0.4, -0.2) is 27.6 Å². The summed E-state index contributed by atoms with van der Waals surface area (Å²) in [7, 11) is 0. The van der Waals surface area contributed by atoms with Crippen LogP contribution >= 0.6 is 0 Å². The smallest absolute Gasteiger partial charge is 0.223 e. The second-order valence-corrected chi connectivity index (χ2v) is 2.52. The lowest BCUT2D eigenvalue weighted by Crippen LogP contribution is -2.25. The number of aromatic amines is 1. The highest BCUT2D eigenvalue weighted by Crippen LogP contribution is 1.86. The molecule has 13 heavy (non-hydrogen) atoms. The minimum absolute atomic E-state index is 0.0190. The summed E-state index contributed by atoms with van der Waals surface area (Å²) in [4.78, 5) is 14.9. The first-order valence-corrected chi connectivity index (χ1v) is 4.04. The molecule has 0 saturated carbocycles. The van der Waals surface area contributed by atoms with Gasteiger partial charge in [-0.1, -0.05) is 6.08 Å². The van der Waals surface area contributed by atoms with Gasteiger partial charge in [0.25, 0.3) is 0 Å². The average molecular weight is 180 g/mol. The number of hydrogen-bond donors (Lipinski definition) is 2. The van der Waals surface area contributed by atoms with Crippen molar-refractivity contribution < 1.29 is 4.79 Å². The Bertz CT molecular complexity index is 268. The number of carbonyl (C=O) groups is 1. The number of H-pyrrole nitrogens is 1. The van der Waals surface area contributed by atoms with Crippen LogP contribution in [0.2, 0.25) is 0 Å². The van der Waals surface area contributed by atoms with Crippen molar-refractivity contribution in [3.63, 3.8) is 0 Å². The van der Waals surface area contributed by atoms with Crippen LogP contribution in [0, 0.1) is 0 Å². The van der Waals surface area contributed by atoms with E-state index in [9.17, 15) is 4.79 Å². The van der Waals surface area contributed by atoms with E-state index in [-0.39, 0.29) is 5.91 Å². The summed E-state index contributed by atoms with van der Waals surface area (Å²) in [5.41, 5.74) is 0. The fraction of sp³-hybridized carbons (Fsp3) is 0.375. The van der Waals surface area contributed by atoms with Crippen LogP contribution in [0.5, 0.6) is 0 Å². The van der Waals surface area contributed by atoms with Gasteiger partial charge in [0.15, 0.2) is 0 Å². The number of amides is 1. The van der Waals surface area contributed by atoms with E-state index in [2.05, 4.69) is 27.1 Å². The Morgan fingerprint density at radius 3 is 3.23 bits per heavy atom. The molecule has 5 nitrogen and oxygen atoms in total. The van der Waals surface area contributed by atoms with Crippen LogP contribution in [0.25, 0.3) is 0 Å². The third-order valence-corrected chi connectivity index (χ3v) is 1.48. The van der Waals surface area contributed by atoms with Crippen molar-refractivity contribution >= 4 is 5.91 Å². The van der Waals surface area contributed by atoms with Gasteiger partial charge in [-0.05, 0) is 0 Å². The van der Waals surface area contributed by atoms with Gasteiger partial charge in [-0.15, -0.1) is 6.58 Å². The number of carbonyl (C=O) groups excluding carboxylic acids is 1. The zero-order chi connectivity index (χ0) is 9.52. The van der Waals surface area contributed by atoms with Crippen LogP contribution in [0.15, 0.2) is 19.0 Å². The van der Waals surface area contributed by atoms with E-state index in [0.717, 1.165) is 5.82 Å². The first kappa shape index (κ1) is 9.44. The molecule has 1 rings (SSSR count). The zero-order valence-electron chi connectivity index (χ0n) is 7.29. The predicted octanol–water partition coefficient (Wildman–Crippen LogP) is 0.0395. The van der Waals surface area contributed by atoms with Gasteiger partial charge in [-0.25, -0.2) is 4.98 Å². The second-order valence-electron chi connectivity index (χ2n) is 2.52. The second kappa shape index (κ2) is 5.08. The van der Waals surface area contributed by atoms with Gasteiger partial charge in [0.05, 0.1) is 0 Å². The Morgan fingerprint density at radius 1 is 1.77 bits per heavy atom. The fourth-order valence-electron chi connectivity index (χ4n) is 0.875. The van der Waals surface area contributed by atoms with Crippen LogP contribution in [0.4, 0.5) is 0 Å². The lowest BCUT2D eigenvalue weighted by molar-refractivity contribution is -0.120. The minimum atomic E-state index is -0.0190. The highest BCUT2D eigenvalue weighted by molar-refractivity contribution is 5.77. The number of nitrogens with one attached hydrogen (secondary N) is 2. The van der Waals surface area contributed by atoms with Crippen molar-refractivity contribution in [1.29, 1.82) is 0 Å². The van der Waals surface area contributed by atoms with Crippen LogP contribution in [-0.2, 0) is 11.2 Å². The summed E-state index contributed by atoms with van der Waals surface area (Å²) in [6.45, 7) is 4.04. The maximum atomic E-state index is 10.9. The van der Waals surface area contributed by atoms with E-state index in [0.29, 0.717) is 19.4 Å². The molecule has 1 aromatic heterocycles. The molecule has 0 unspecified atom stereocenters. The lowest BCUT2D eigenvalue weighted by Gasteiger charge is -2.00. The molecule has 0 radical (unpaired) electrons. The van der Waals surface area contributed by atoms with E-state index < -0.39 is 0 Å². The van der Waals surface area contributed by atoms with Crippen molar-refractivity contribution in [3.05, 3.63) is 24.8 Å². The molecule has 70 valence electrons. The SMILES string of the molecule is C=CCC(=O)NCCc1ncn[nH]1. The monoisotopic (exact) mass is 180 g/mol. The minimum Gasteiger partial charge on any atom is -0.355 e. The molecular formula is C8H12N4O. The number of hydrogen-bond acceptors (Lipinski definition) is 3. The molecule has 1 aromatic rings. The predicted molar refractivity (Wildman–Crippen MR) is 47.9 cm³/mol. The molecule has 0 aliphatic heterocycles. The van der Waals surface area contributed by atoms with Gasteiger partial charge in [-0.3, -0.25) is 9.89 Å². The lowest BCUT2D eigenvalue weighted by atomic mass is 10.3. The van der Waals surface area contributed by atoms with Gasteiger partial charge in [0.1, 0.15) is 12.2 Å². The van der Waals surface area contributed by atoms with E-state index in [1.807, 2.05) is 0 Å².